The molecule has 1 aromatic rings. The van der Waals surface area contributed by atoms with Gasteiger partial charge in [-0.2, -0.15) is 0 Å². The van der Waals surface area contributed by atoms with Crippen LogP contribution in [0.3, 0.4) is 0 Å². The molecule has 0 spiro atoms. The van der Waals surface area contributed by atoms with Gasteiger partial charge in [-0.1, -0.05) is 13.8 Å². The van der Waals surface area contributed by atoms with Crippen molar-refractivity contribution in [2.24, 2.45) is 5.92 Å². The number of hydrogen-bond acceptors (Lipinski definition) is 2. The summed E-state index contributed by atoms with van der Waals surface area (Å²) < 4.78 is 24.1. The molecule has 0 bridgehead atoms. The van der Waals surface area contributed by atoms with Gasteiger partial charge in [-0.15, -0.1) is 11.3 Å². The lowest BCUT2D eigenvalue weighted by Crippen LogP contribution is -2.22. The van der Waals surface area contributed by atoms with Crippen molar-refractivity contribution in [1.29, 1.82) is 0 Å². The summed E-state index contributed by atoms with van der Waals surface area (Å²) in [4.78, 5) is 1.46. The third-order valence-electron chi connectivity index (χ3n) is 3.39. The van der Waals surface area contributed by atoms with E-state index in [0.717, 1.165) is 12.3 Å². The maximum Gasteiger partial charge on any atom is 0.250 e. The molecule has 2 unspecified atom stereocenters. The molecule has 2 rings (SSSR count). The molecule has 0 radical (unpaired) electrons. The molecule has 96 valence electrons. The molecule has 4 heteroatoms. The van der Waals surface area contributed by atoms with Gasteiger partial charge >= 0.3 is 0 Å². The minimum atomic E-state index is -2.26. The van der Waals surface area contributed by atoms with Gasteiger partial charge < -0.3 is 5.32 Å². The summed E-state index contributed by atoms with van der Waals surface area (Å²) in [6, 6.07) is 0. The molecule has 0 saturated heterocycles. The molecular weight excluding hydrogens is 240 g/mol. The quantitative estimate of drug-likeness (QED) is 0.867. The monoisotopic (exact) mass is 259 g/mol. The number of halogens is 2. The summed E-state index contributed by atoms with van der Waals surface area (Å²) in [5.74, 6) is 1.32. The van der Waals surface area contributed by atoms with Crippen LogP contribution in [0.25, 0.3) is 0 Å². The zero-order valence-electron chi connectivity index (χ0n) is 10.3. The lowest BCUT2D eigenvalue weighted by molar-refractivity contribution is 0.145. The molecule has 0 aliphatic heterocycles. The van der Waals surface area contributed by atoms with Crippen molar-refractivity contribution in [1.82, 2.24) is 5.32 Å². The van der Waals surface area contributed by atoms with Crippen LogP contribution < -0.4 is 5.32 Å². The molecule has 1 aliphatic carbocycles. The second-order valence-electron chi connectivity index (χ2n) is 5.07. The number of nitrogens with one attached hydrogen (secondary N) is 1. The third-order valence-corrected chi connectivity index (χ3v) is 4.46. The van der Waals surface area contributed by atoms with E-state index in [4.69, 9.17) is 0 Å². The fourth-order valence-electron chi connectivity index (χ4n) is 2.77. The van der Waals surface area contributed by atoms with Crippen LogP contribution in [0.15, 0.2) is 5.38 Å². The summed E-state index contributed by atoms with van der Waals surface area (Å²) in [6.45, 7) is 4.90. The topological polar surface area (TPSA) is 12.0 Å². The van der Waals surface area contributed by atoms with E-state index in [9.17, 15) is 8.78 Å². The van der Waals surface area contributed by atoms with Crippen molar-refractivity contribution >= 4 is 11.3 Å². The first kappa shape index (κ1) is 13.0. The van der Waals surface area contributed by atoms with Crippen molar-refractivity contribution in [3.63, 3.8) is 0 Å². The molecular formula is C13H19F2NS. The summed E-state index contributed by atoms with van der Waals surface area (Å²) in [5, 5.41) is 4.96. The first-order valence-electron chi connectivity index (χ1n) is 6.16. The van der Waals surface area contributed by atoms with E-state index in [1.54, 1.807) is 11.3 Å². The zero-order valence-corrected chi connectivity index (χ0v) is 11.1. The summed E-state index contributed by atoms with van der Waals surface area (Å²) >= 11 is 1.79. The van der Waals surface area contributed by atoms with Gasteiger partial charge in [0.2, 0.25) is 0 Å². The molecule has 0 aromatic carbocycles. The van der Waals surface area contributed by atoms with E-state index in [2.05, 4.69) is 24.5 Å². The average molecular weight is 259 g/mol. The molecule has 1 N–H and O–H groups in total. The molecule has 1 aromatic heterocycles. The van der Waals surface area contributed by atoms with Crippen LogP contribution in [-0.2, 0) is 13.0 Å². The van der Waals surface area contributed by atoms with Crippen molar-refractivity contribution in [2.75, 3.05) is 6.54 Å². The van der Waals surface area contributed by atoms with Gasteiger partial charge in [-0.25, -0.2) is 8.78 Å². The second-order valence-corrected chi connectivity index (χ2v) is 6.03. The minimum Gasteiger partial charge on any atom is -0.307 e. The van der Waals surface area contributed by atoms with Crippen LogP contribution >= 0.6 is 11.3 Å². The maximum absolute atomic E-state index is 12.1. The maximum atomic E-state index is 12.1. The number of rotatable bonds is 4. The summed E-state index contributed by atoms with van der Waals surface area (Å²) in [5.41, 5.74) is 2.65. The van der Waals surface area contributed by atoms with Crippen molar-refractivity contribution in [3.8, 4) is 0 Å². The van der Waals surface area contributed by atoms with Gasteiger partial charge in [0.1, 0.15) is 0 Å². The SMILES string of the molecule is CC1Cc2scc(CNCC(F)F)c2C(C)C1. The standard InChI is InChI=1S/C13H19F2NS/c1-8-3-9(2)13-10(5-16-6-12(14)15)7-17-11(13)4-8/h7-9,12,16H,3-6H2,1-2H3. The predicted molar refractivity (Wildman–Crippen MR) is 67.9 cm³/mol. The Morgan fingerprint density at radius 2 is 2.24 bits per heavy atom. The highest BCUT2D eigenvalue weighted by molar-refractivity contribution is 7.10. The number of alkyl halides is 2. The highest BCUT2D eigenvalue weighted by Crippen LogP contribution is 2.40. The molecule has 0 fully saturated rings. The van der Waals surface area contributed by atoms with Gasteiger partial charge in [-0.05, 0) is 41.2 Å². The fourth-order valence-corrected chi connectivity index (χ4v) is 4.11. The average Bonchev–Trinajstić information content (AvgIpc) is 2.60. The summed E-state index contributed by atoms with van der Waals surface area (Å²) in [6.07, 6.45) is 0.104. The molecule has 0 saturated carbocycles. The third kappa shape index (κ3) is 3.05. The van der Waals surface area contributed by atoms with Crippen molar-refractivity contribution < 1.29 is 8.78 Å². The molecule has 17 heavy (non-hydrogen) atoms. The molecule has 2 atom stereocenters. The Bertz CT molecular complexity index is 375. The fraction of sp³-hybridized carbons (Fsp3) is 0.692. The van der Waals surface area contributed by atoms with Gasteiger partial charge in [0, 0.05) is 11.4 Å². The Morgan fingerprint density at radius 3 is 2.94 bits per heavy atom. The van der Waals surface area contributed by atoms with Crippen molar-refractivity contribution in [3.05, 3.63) is 21.4 Å². The number of hydrogen-bond donors (Lipinski definition) is 1. The molecule has 1 aliphatic rings. The van der Waals surface area contributed by atoms with Gasteiger partial charge in [0.05, 0.1) is 6.54 Å². The van der Waals surface area contributed by atoms with Gasteiger partial charge in [0.25, 0.3) is 6.43 Å². The van der Waals surface area contributed by atoms with Crippen LogP contribution in [0.2, 0.25) is 0 Å². The van der Waals surface area contributed by atoms with E-state index in [0.29, 0.717) is 12.5 Å². The van der Waals surface area contributed by atoms with Crippen LogP contribution in [0.4, 0.5) is 8.78 Å². The highest BCUT2D eigenvalue weighted by atomic mass is 32.1. The Hall–Kier alpha value is -0.480. The van der Waals surface area contributed by atoms with E-state index in [1.165, 1.54) is 22.4 Å². The first-order valence-corrected chi connectivity index (χ1v) is 7.04. The lowest BCUT2D eigenvalue weighted by atomic mass is 9.81. The Labute approximate surface area is 105 Å². The first-order chi connectivity index (χ1) is 8.08. The zero-order chi connectivity index (χ0) is 12.4. The summed E-state index contributed by atoms with van der Waals surface area (Å²) in [7, 11) is 0. The smallest absolute Gasteiger partial charge is 0.250 e. The highest BCUT2D eigenvalue weighted by Gasteiger charge is 2.25. The van der Waals surface area contributed by atoms with Gasteiger partial charge in [0.15, 0.2) is 0 Å². The van der Waals surface area contributed by atoms with Gasteiger partial charge in [-0.3, -0.25) is 0 Å². The van der Waals surface area contributed by atoms with E-state index in [1.807, 2.05) is 0 Å². The van der Waals surface area contributed by atoms with Crippen LogP contribution in [0, 0.1) is 5.92 Å². The second kappa shape index (κ2) is 5.44. The van der Waals surface area contributed by atoms with Crippen molar-refractivity contribution in [2.45, 2.75) is 45.6 Å². The number of fused-ring (bicyclic) bond motifs is 1. The Kier molecular flexibility index (Phi) is 4.15. The van der Waals surface area contributed by atoms with E-state index in [-0.39, 0.29) is 6.54 Å². The number of thiophene rings is 1. The lowest BCUT2D eigenvalue weighted by Gasteiger charge is -2.25. The molecule has 1 nitrogen and oxygen atoms in total. The van der Waals surface area contributed by atoms with E-state index >= 15 is 0 Å². The van der Waals surface area contributed by atoms with Crippen LogP contribution in [-0.4, -0.2) is 13.0 Å². The molecule has 0 amide bonds. The van der Waals surface area contributed by atoms with Crippen LogP contribution in [0.5, 0.6) is 0 Å². The largest absolute Gasteiger partial charge is 0.307 e. The van der Waals surface area contributed by atoms with E-state index < -0.39 is 6.43 Å². The normalized spacial score (nSPS) is 24.1. The molecule has 1 heterocycles. The Morgan fingerprint density at radius 1 is 1.47 bits per heavy atom. The minimum absolute atomic E-state index is 0.213. The van der Waals surface area contributed by atoms with Crippen LogP contribution in [0.1, 0.15) is 42.2 Å². The predicted octanol–water partition coefficient (Wildman–Crippen LogP) is 3.79. The Balaban J connectivity index is 2.05.